The fourth-order valence-electron chi connectivity index (χ4n) is 0.296. The summed E-state index contributed by atoms with van der Waals surface area (Å²) >= 11 is 0. The van der Waals surface area contributed by atoms with Crippen LogP contribution in [0.2, 0.25) is 0 Å². The van der Waals surface area contributed by atoms with Crippen molar-refractivity contribution in [2.24, 2.45) is 0 Å². The normalized spacial score (nSPS) is 11.4. The third-order valence-electron chi connectivity index (χ3n) is 0.692. The maximum absolute atomic E-state index is 8.62. The summed E-state index contributed by atoms with van der Waals surface area (Å²) in [5, 5.41) is 16.8. The molecule has 46 valence electrons. The Hall–Kier alpha value is -0.760. The predicted molar refractivity (Wildman–Crippen MR) is 32.6 cm³/mol. The van der Waals surface area contributed by atoms with E-state index in [0.29, 0.717) is 6.42 Å². The summed E-state index contributed by atoms with van der Waals surface area (Å²) in [7, 11) is 0. The third kappa shape index (κ3) is 3.43. The summed E-state index contributed by atoms with van der Waals surface area (Å²) in [6.07, 6.45) is 3.32. The minimum Gasteiger partial charge on any atom is -0.508 e. The monoisotopic (exact) mass is 114 g/mol. The first-order valence-electron chi connectivity index (χ1n) is 2.43. The lowest BCUT2D eigenvalue weighted by Gasteiger charge is -1.86. The summed E-state index contributed by atoms with van der Waals surface area (Å²) in [5.74, 6) is 0.124. The second kappa shape index (κ2) is 4.40. The van der Waals surface area contributed by atoms with Gasteiger partial charge in [-0.15, -0.1) is 0 Å². The molecule has 0 unspecified atom stereocenters. The van der Waals surface area contributed by atoms with Crippen molar-refractivity contribution in [2.45, 2.75) is 6.42 Å². The first-order valence-corrected chi connectivity index (χ1v) is 2.43. The van der Waals surface area contributed by atoms with Gasteiger partial charge in [0, 0.05) is 6.61 Å². The summed E-state index contributed by atoms with van der Waals surface area (Å²) in [5.41, 5.74) is 0. The number of aliphatic hydroxyl groups is 2. The number of aliphatic hydroxyl groups excluding tert-OH is 2. The van der Waals surface area contributed by atoms with Gasteiger partial charge in [-0.3, -0.25) is 0 Å². The van der Waals surface area contributed by atoms with Crippen molar-refractivity contribution < 1.29 is 10.2 Å². The Morgan fingerprint density at radius 3 is 2.62 bits per heavy atom. The van der Waals surface area contributed by atoms with E-state index >= 15 is 0 Å². The molecule has 8 heavy (non-hydrogen) atoms. The van der Waals surface area contributed by atoms with Gasteiger partial charge < -0.3 is 10.2 Å². The molecule has 0 spiro atoms. The number of rotatable bonds is 3. The molecule has 0 aliphatic carbocycles. The minimum absolute atomic E-state index is 0.0674. The van der Waals surface area contributed by atoms with Crippen LogP contribution in [0.5, 0.6) is 0 Å². The maximum atomic E-state index is 8.62. The molecule has 0 aromatic carbocycles. The second-order valence-electron chi connectivity index (χ2n) is 1.35. The highest BCUT2D eigenvalue weighted by molar-refractivity contribution is 5.05. The SMILES string of the molecule is C=C/C(O)=C\CCO. The van der Waals surface area contributed by atoms with Crippen LogP contribution in [-0.2, 0) is 0 Å². The van der Waals surface area contributed by atoms with Crippen LogP contribution >= 0.6 is 0 Å². The van der Waals surface area contributed by atoms with Gasteiger partial charge in [-0.2, -0.15) is 0 Å². The molecule has 0 radical (unpaired) electrons. The van der Waals surface area contributed by atoms with Gasteiger partial charge in [0.1, 0.15) is 5.76 Å². The lowest BCUT2D eigenvalue weighted by molar-refractivity contribution is 0.300. The van der Waals surface area contributed by atoms with E-state index in [1.54, 1.807) is 0 Å². The van der Waals surface area contributed by atoms with Crippen LogP contribution in [0.15, 0.2) is 24.5 Å². The highest BCUT2D eigenvalue weighted by Gasteiger charge is 1.79. The molecule has 0 saturated heterocycles. The van der Waals surface area contributed by atoms with Gasteiger partial charge in [0.25, 0.3) is 0 Å². The molecular weight excluding hydrogens is 104 g/mol. The zero-order chi connectivity index (χ0) is 6.41. The zero-order valence-corrected chi connectivity index (χ0v) is 4.67. The molecule has 0 aromatic rings. The van der Waals surface area contributed by atoms with Crippen LogP contribution in [-0.4, -0.2) is 16.8 Å². The molecule has 0 rings (SSSR count). The lowest BCUT2D eigenvalue weighted by Crippen LogP contribution is -1.78. The van der Waals surface area contributed by atoms with Crippen molar-refractivity contribution in [1.82, 2.24) is 0 Å². The third-order valence-corrected chi connectivity index (χ3v) is 0.692. The molecule has 0 aromatic heterocycles. The lowest BCUT2D eigenvalue weighted by atomic mass is 10.3. The number of hydrogen-bond donors (Lipinski definition) is 2. The quantitative estimate of drug-likeness (QED) is 0.424. The molecule has 2 nitrogen and oxygen atoms in total. The van der Waals surface area contributed by atoms with Crippen LogP contribution < -0.4 is 0 Å². The molecule has 0 fully saturated rings. The molecule has 2 N–H and O–H groups in total. The van der Waals surface area contributed by atoms with E-state index < -0.39 is 0 Å². The van der Waals surface area contributed by atoms with Gasteiger partial charge >= 0.3 is 0 Å². The molecule has 0 heterocycles. The summed E-state index contributed by atoms with van der Waals surface area (Å²) in [6.45, 7) is 3.38. The fourth-order valence-corrected chi connectivity index (χ4v) is 0.296. The average Bonchev–Trinajstić information content (AvgIpc) is 1.83. The highest BCUT2D eigenvalue weighted by atomic mass is 16.3. The summed E-state index contributed by atoms with van der Waals surface area (Å²) in [4.78, 5) is 0. The molecule has 2 heteroatoms. The van der Waals surface area contributed by atoms with Gasteiger partial charge in [-0.05, 0) is 18.6 Å². The van der Waals surface area contributed by atoms with Crippen LogP contribution in [0, 0.1) is 0 Å². The molecule has 0 amide bonds. The van der Waals surface area contributed by atoms with E-state index in [0.717, 1.165) is 0 Å². The van der Waals surface area contributed by atoms with Crippen molar-refractivity contribution in [3.8, 4) is 0 Å². The first kappa shape index (κ1) is 7.24. The van der Waals surface area contributed by atoms with Crippen LogP contribution in [0.4, 0.5) is 0 Å². The molecule has 0 saturated carbocycles. The summed E-state index contributed by atoms with van der Waals surface area (Å²) < 4.78 is 0. The van der Waals surface area contributed by atoms with Gasteiger partial charge in [0.2, 0.25) is 0 Å². The largest absolute Gasteiger partial charge is 0.508 e. The predicted octanol–water partition coefficient (Wildman–Crippen LogP) is 0.997. The Labute approximate surface area is 48.8 Å². The highest BCUT2D eigenvalue weighted by Crippen LogP contribution is 1.89. The van der Waals surface area contributed by atoms with Crippen molar-refractivity contribution in [1.29, 1.82) is 0 Å². The molecule has 0 bridgehead atoms. The Kier molecular flexibility index (Phi) is 3.98. The second-order valence-corrected chi connectivity index (χ2v) is 1.35. The smallest absolute Gasteiger partial charge is 0.111 e. The molecular formula is C6H10O2. The molecule has 0 aliphatic rings. The van der Waals surface area contributed by atoms with E-state index in [1.807, 2.05) is 0 Å². The van der Waals surface area contributed by atoms with Crippen molar-refractivity contribution in [3.63, 3.8) is 0 Å². The Morgan fingerprint density at radius 1 is 1.62 bits per heavy atom. The van der Waals surface area contributed by atoms with E-state index in [4.69, 9.17) is 10.2 Å². The Bertz CT molecular complexity index is 94.7. The van der Waals surface area contributed by atoms with Crippen molar-refractivity contribution in [2.75, 3.05) is 6.61 Å². The zero-order valence-electron chi connectivity index (χ0n) is 4.67. The van der Waals surface area contributed by atoms with E-state index in [9.17, 15) is 0 Å². The van der Waals surface area contributed by atoms with Crippen molar-refractivity contribution >= 4 is 0 Å². The Morgan fingerprint density at radius 2 is 2.25 bits per heavy atom. The first-order chi connectivity index (χ1) is 3.81. The van der Waals surface area contributed by atoms with Gasteiger partial charge in [-0.1, -0.05) is 6.58 Å². The van der Waals surface area contributed by atoms with Crippen LogP contribution in [0.1, 0.15) is 6.42 Å². The number of hydrogen-bond acceptors (Lipinski definition) is 2. The van der Waals surface area contributed by atoms with Gasteiger partial charge in [0.15, 0.2) is 0 Å². The van der Waals surface area contributed by atoms with Gasteiger partial charge in [0.05, 0.1) is 0 Å². The standard InChI is InChI=1S/C6H10O2/c1-2-6(8)4-3-5-7/h2,4,7-8H,1,3,5H2/b6-4+. The van der Waals surface area contributed by atoms with E-state index in [1.165, 1.54) is 12.2 Å². The average molecular weight is 114 g/mol. The van der Waals surface area contributed by atoms with Gasteiger partial charge in [-0.25, -0.2) is 0 Å². The minimum atomic E-state index is 0.0674. The number of allylic oxidation sites excluding steroid dienone is 1. The van der Waals surface area contributed by atoms with Crippen LogP contribution in [0.25, 0.3) is 0 Å². The van der Waals surface area contributed by atoms with Crippen LogP contribution in [0.3, 0.4) is 0 Å². The van der Waals surface area contributed by atoms with Crippen molar-refractivity contribution in [3.05, 3.63) is 24.5 Å². The van der Waals surface area contributed by atoms with E-state index in [-0.39, 0.29) is 12.4 Å². The molecule has 0 aliphatic heterocycles. The topological polar surface area (TPSA) is 40.5 Å². The molecule has 0 atom stereocenters. The Balaban J connectivity index is 3.40. The fraction of sp³-hybridized carbons (Fsp3) is 0.333. The summed E-state index contributed by atoms with van der Waals surface area (Å²) in [6, 6.07) is 0. The maximum Gasteiger partial charge on any atom is 0.111 e. The van der Waals surface area contributed by atoms with E-state index in [2.05, 4.69) is 6.58 Å².